The van der Waals surface area contributed by atoms with Gasteiger partial charge in [-0.15, -0.1) is 0 Å². The number of carbonyl (C=O) groups is 1. The van der Waals surface area contributed by atoms with Crippen LogP contribution in [0, 0.1) is 0 Å². The second kappa shape index (κ2) is 10.8. The number of fused-ring (bicyclic) bond motifs is 1. The Morgan fingerprint density at radius 3 is 2.36 bits per heavy atom. The zero-order valence-electron chi connectivity index (χ0n) is 22.1. The minimum Gasteiger partial charge on any atom is -0.478 e. The third-order valence-corrected chi connectivity index (χ3v) is 7.37. The molecule has 1 N–H and O–H groups in total. The first-order valence-corrected chi connectivity index (χ1v) is 13.1. The molecule has 5 nitrogen and oxygen atoms in total. The van der Waals surface area contributed by atoms with Crippen molar-refractivity contribution in [1.82, 2.24) is 9.78 Å². The van der Waals surface area contributed by atoms with Gasteiger partial charge in [0, 0.05) is 29.6 Å². The number of nitrogens with zero attached hydrogens (tertiary/aromatic N) is 3. The number of hydrogen-bond acceptors (Lipinski definition) is 3. The van der Waals surface area contributed by atoms with E-state index in [9.17, 15) is 13.6 Å². The minimum atomic E-state index is -2.68. The number of hydrogen-bond donors (Lipinski definition) is 1. The van der Waals surface area contributed by atoms with E-state index in [2.05, 4.69) is 67.2 Å². The molecule has 0 saturated carbocycles. The van der Waals surface area contributed by atoms with Gasteiger partial charge in [0.15, 0.2) is 0 Å². The average Bonchev–Trinajstić information content (AvgIpc) is 3.42. The number of carboxylic acids is 1. The van der Waals surface area contributed by atoms with Crippen LogP contribution in [0.1, 0.15) is 67.1 Å². The van der Waals surface area contributed by atoms with Crippen molar-refractivity contribution in [3.05, 3.63) is 113 Å². The highest BCUT2D eigenvalue weighted by Crippen LogP contribution is 2.42. The number of anilines is 1. The molecule has 1 aromatic heterocycles. The van der Waals surface area contributed by atoms with Gasteiger partial charge < -0.3 is 10.0 Å². The summed E-state index contributed by atoms with van der Waals surface area (Å²) in [6, 6.07) is 22.9. The number of alkyl halides is 2. The first-order chi connectivity index (χ1) is 18.7. The van der Waals surface area contributed by atoms with Gasteiger partial charge in [0.1, 0.15) is 0 Å². The highest BCUT2D eigenvalue weighted by molar-refractivity contribution is 5.85. The predicted octanol–water partition coefficient (Wildman–Crippen LogP) is 7.71. The quantitative estimate of drug-likeness (QED) is 0.250. The van der Waals surface area contributed by atoms with E-state index >= 15 is 0 Å². The second-order valence-corrected chi connectivity index (χ2v) is 10.3. The molecule has 0 spiro atoms. The lowest BCUT2D eigenvalue weighted by Gasteiger charge is -2.44. The fourth-order valence-corrected chi connectivity index (χ4v) is 5.38. The van der Waals surface area contributed by atoms with E-state index in [-0.39, 0.29) is 12.1 Å². The molecule has 2 atom stereocenters. The first-order valence-electron chi connectivity index (χ1n) is 13.1. The van der Waals surface area contributed by atoms with Crippen molar-refractivity contribution in [3.63, 3.8) is 0 Å². The van der Waals surface area contributed by atoms with Crippen molar-refractivity contribution in [2.45, 2.75) is 51.7 Å². The molecule has 0 fully saturated rings. The number of carboxylic acid groups (broad SMARTS) is 1. The summed E-state index contributed by atoms with van der Waals surface area (Å²) in [4.78, 5) is 13.4. The lowest BCUT2D eigenvalue weighted by Crippen LogP contribution is -2.42. The van der Waals surface area contributed by atoms with Gasteiger partial charge in [0.25, 0.3) is 0 Å². The van der Waals surface area contributed by atoms with Crippen LogP contribution in [0.25, 0.3) is 17.2 Å². The molecule has 2 heterocycles. The van der Waals surface area contributed by atoms with Crippen LogP contribution in [-0.4, -0.2) is 26.9 Å². The lowest BCUT2D eigenvalue weighted by molar-refractivity contribution is -0.131. The van der Waals surface area contributed by atoms with E-state index in [0.29, 0.717) is 16.2 Å². The number of aliphatic carboxylic acids is 1. The first kappa shape index (κ1) is 26.4. The second-order valence-electron chi connectivity index (χ2n) is 10.3. The smallest absolute Gasteiger partial charge is 0.333 e. The summed E-state index contributed by atoms with van der Waals surface area (Å²) >= 11 is 0. The van der Waals surface area contributed by atoms with E-state index in [4.69, 9.17) is 5.11 Å². The minimum absolute atomic E-state index is 0.0796. The third kappa shape index (κ3) is 5.48. The van der Waals surface area contributed by atoms with Crippen LogP contribution >= 0.6 is 0 Å². The van der Waals surface area contributed by atoms with Gasteiger partial charge >= 0.3 is 12.5 Å². The average molecular weight is 528 g/mol. The maximum atomic E-state index is 13.1. The van der Waals surface area contributed by atoms with Gasteiger partial charge in [-0.1, -0.05) is 68.4 Å². The molecular formula is C32H31F2N3O2. The molecule has 4 aromatic rings. The summed E-state index contributed by atoms with van der Waals surface area (Å²) in [6.07, 6.45) is 6.37. The van der Waals surface area contributed by atoms with E-state index in [1.54, 1.807) is 6.08 Å². The van der Waals surface area contributed by atoms with Crippen molar-refractivity contribution in [1.29, 1.82) is 0 Å². The van der Waals surface area contributed by atoms with E-state index in [1.807, 2.05) is 30.3 Å². The SMILES string of the molecule is CC(C)c1ccc(N2[C@H](c3ccc(/C=C/C(=O)O)cc3)c3ccc(-c4cnn(C(F)F)c4)cc3C[C@H]2C)cc1. The third-order valence-electron chi connectivity index (χ3n) is 7.37. The molecule has 39 heavy (non-hydrogen) atoms. The van der Waals surface area contributed by atoms with Crippen LogP contribution in [0.15, 0.2) is 85.2 Å². The maximum absolute atomic E-state index is 13.1. The summed E-state index contributed by atoms with van der Waals surface area (Å²) in [6.45, 7) is 3.89. The molecule has 7 heteroatoms. The van der Waals surface area contributed by atoms with Crippen LogP contribution in [0.2, 0.25) is 0 Å². The van der Waals surface area contributed by atoms with Gasteiger partial charge in [-0.05, 0) is 70.9 Å². The van der Waals surface area contributed by atoms with Crippen LogP contribution in [-0.2, 0) is 11.2 Å². The summed E-state index contributed by atoms with van der Waals surface area (Å²) in [5.41, 5.74) is 8.13. The van der Waals surface area contributed by atoms with Crippen molar-refractivity contribution < 1.29 is 18.7 Å². The number of halogens is 2. The Hall–Kier alpha value is -4.26. The monoisotopic (exact) mass is 527 g/mol. The van der Waals surface area contributed by atoms with Crippen LogP contribution in [0.5, 0.6) is 0 Å². The molecule has 0 unspecified atom stereocenters. The zero-order chi connectivity index (χ0) is 27.7. The molecule has 3 aromatic carbocycles. The van der Waals surface area contributed by atoms with Crippen LogP contribution in [0.3, 0.4) is 0 Å². The lowest BCUT2D eigenvalue weighted by atomic mass is 9.83. The fraction of sp³-hybridized carbons (Fsp3) is 0.250. The number of aromatic nitrogens is 2. The van der Waals surface area contributed by atoms with Crippen molar-refractivity contribution >= 4 is 17.7 Å². The van der Waals surface area contributed by atoms with E-state index in [0.717, 1.165) is 40.4 Å². The summed E-state index contributed by atoms with van der Waals surface area (Å²) < 4.78 is 26.9. The summed E-state index contributed by atoms with van der Waals surface area (Å²) in [5.74, 6) is -0.548. The Kier molecular flexibility index (Phi) is 7.33. The molecule has 1 aliphatic heterocycles. The number of rotatable bonds is 7. The van der Waals surface area contributed by atoms with Gasteiger partial charge in [-0.2, -0.15) is 13.9 Å². The Morgan fingerprint density at radius 2 is 1.74 bits per heavy atom. The largest absolute Gasteiger partial charge is 0.478 e. The van der Waals surface area contributed by atoms with Crippen molar-refractivity contribution in [2.75, 3.05) is 4.90 Å². The summed E-state index contributed by atoms with van der Waals surface area (Å²) in [5, 5.41) is 12.8. The molecule has 0 bridgehead atoms. The molecule has 5 rings (SSSR count). The standard InChI is InChI=1S/C32H31F2N3O2/c1-20(2)23-9-12-28(13-10-23)37-21(3)16-26-17-25(27-18-35-36(19-27)32(33)34)11-14-29(26)31(37)24-7-4-22(5-8-24)6-15-30(38)39/h4-15,17-21,31-32H,16H2,1-3H3,(H,38,39)/b15-6+/t21-,31-/m1/s1. The molecule has 0 radical (unpaired) electrons. The summed E-state index contributed by atoms with van der Waals surface area (Å²) in [7, 11) is 0. The van der Waals surface area contributed by atoms with E-state index in [1.165, 1.54) is 23.5 Å². The molecule has 0 saturated heterocycles. The molecule has 0 aliphatic carbocycles. The molecular weight excluding hydrogens is 496 g/mol. The van der Waals surface area contributed by atoms with Crippen molar-refractivity contribution in [2.24, 2.45) is 0 Å². The topological polar surface area (TPSA) is 58.4 Å². The maximum Gasteiger partial charge on any atom is 0.333 e. The molecule has 1 aliphatic rings. The highest BCUT2D eigenvalue weighted by atomic mass is 19.3. The van der Waals surface area contributed by atoms with Crippen LogP contribution in [0.4, 0.5) is 14.5 Å². The van der Waals surface area contributed by atoms with Crippen molar-refractivity contribution in [3.8, 4) is 11.1 Å². The fourth-order valence-electron chi connectivity index (χ4n) is 5.38. The highest BCUT2D eigenvalue weighted by Gasteiger charge is 2.33. The number of benzene rings is 3. The normalized spacial score (nSPS) is 17.3. The van der Waals surface area contributed by atoms with Gasteiger partial charge in [-0.25, -0.2) is 9.48 Å². The van der Waals surface area contributed by atoms with Gasteiger partial charge in [-0.3, -0.25) is 0 Å². The van der Waals surface area contributed by atoms with Crippen LogP contribution < -0.4 is 4.90 Å². The Labute approximate surface area is 227 Å². The van der Waals surface area contributed by atoms with Gasteiger partial charge in [0.2, 0.25) is 0 Å². The Bertz CT molecular complexity index is 1490. The molecule has 200 valence electrons. The Balaban J connectivity index is 1.58. The van der Waals surface area contributed by atoms with Gasteiger partial charge in [0.05, 0.1) is 12.2 Å². The van der Waals surface area contributed by atoms with E-state index < -0.39 is 12.5 Å². The Morgan fingerprint density at radius 1 is 1.03 bits per heavy atom. The molecule has 0 amide bonds. The zero-order valence-corrected chi connectivity index (χ0v) is 22.1. The predicted molar refractivity (Wildman–Crippen MR) is 150 cm³/mol.